The van der Waals surface area contributed by atoms with Gasteiger partial charge in [0, 0.05) is 13.0 Å². The Bertz CT molecular complexity index is 270. The van der Waals surface area contributed by atoms with Crippen molar-refractivity contribution in [1.29, 1.82) is 0 Å². The smallest absolute Gasteiger partial charge is 0.198 e. The molecule has 0 aromatic carbocycles. The zero-order valence-corrected chi connectivity index (χ0v) is 8.87. The van der Waals surface area contributed by atoms with Crippen molar-refractivity contribution in [3.05, 3.63) is 24.0 Å². The fourth-order valence-electron chi connectivity index (χ4n) is 1.16. The van der Waals surface area contributed by atoms with Crippen molar-refractivity contribution in [3.8, 4) is 0 Å². The second-order valence-corrected chi connectivity index (χ2v) is 4.02. The molecule has 3 nitrogen and oxygen atoms in total. The number of hydrogen-bond donors (Lipinski definition) is 1. The average Bonchev–Trinajstić information content (AvgIpc) is 2.10. The monoisotopic (exact) mass is 246 g/mol. The summed E-state index contributed by atoms with van der Waals surface area (Å²) in [6.45, 7) is 2.26. The van der Waals surface area contributed by atoms with Crippen LogP contribution in [0.3, 0.4) is 0 Å². The molecule has 0 bridgehead atoms. The minimum absolute atomic E-state index is 0.125. The first-order valence-electron chi connectivity index (χ1n) is 4.01. The van der Waals surface area contributed by atoms with E-state index in [9.17, 15) is 4.79 Å². The van der Waals surface area contributed by atoms with Gasteiger partial charge in [-0.3, -0.25) is 4.79 Å². The molecule has 1 aliphatic rings. The van der Waals surface area contributed by atoms with Crippen LogP contribution in [0.15, 0.2) is 24.0 Å². The van der Waals surface area contributed by atoms with Crippen LogP contribution in [-0.4, -0.2) is 22.0 Å². The molecule has 1 N–H and O–H groups in total. The average molecular weight is 247 g/mol. The van der Waals surface area contributed by atoms with Gasteiger partial charge < -0.3 is 9.84 Å². The molecule has 0 fully saturated rings. The highest BCUT2D eigenvalue weighted by Gasteiger charge is 2.37. The Morgan fingerprint density at radius 1 is 1.77 bits per heavy atom. The van der Waals surface area contributed by atoms with Crippen molar-refractivity contribution >= 4 is 21.7 Å². The number of aliphatic hydroxyl groups is 1. The summed E-state index contributed by atoms with van der Waals surface area (Å²) < 4.78 is 4.30. The third-order valence-corrected chi connectivity index (χ3v) is 2.69. The maximum absolute atomic E-state index is 11.4. The highest BCUT2D eigenvalue weighted by molar-refractivity contribution is 9.10. The number of hydrogen-bond acceptors (Lipinski definition) is 3. The minimum Gasteiger partial charge on any atom is -0.515 e. The normalized spacial score (nSPS) is 31.2. The molecule has 0 heterocycles. The summed E-state index contributed by atoms with van der Waals surface area (Å²) in [5.41, 5.74) is 0.671. The molecule has 0 aromatic heterocycles. The molecule has 0 spiro atoms. The molecule has 4 heteroatoms. The summed E-state index contributed by atoms with van der Waals surface area (Å²) in [6, 6.07) is 0. The molecule has 0 saturated carbocycles. The minimum atomic E-state index is -0.981. The van der Waals surface area contributed by atoms with Crippen LogP contribution >= 0.6 is 15.9 Å². The van der Waals surface area contributed by atoms with E-state index in [0.29, 0.717) is 18.6 Å². The predicted molar refractivity (Wildman–Crippen MR) is 52.8 cm³/mol. The van der Waals surface area contributed by atoms with Gasteiger partial charge in [0.25, 0.3) is 0 Å². The number of carbonyl (C=O) groups excluding carboxylic acids is 1. The Balaban J connectivity index is 2.87. The quantitative estimate of drug-likeness (QED) is 0.600. The Morgan fingerprint density at radius 3 is 3.00 bits per heavy atom. The number of alkyl halides is 1. The lowest BCUT2D eigenvalue weighted by Gasteiger charge is -2.27. The summed E-state index contributed by atoms with van der Waals surface area (Å²) in [7, 11) is 0. The molecule has 0 amide bonds. The van der Waals surface area contributed by atoms with E-state index >= 15 is 0 Å². The molecule has 1 aliphatic carbocycles. The van der Waals surface area contributed by atoms with Crippen molar-refractivity contribution in [2.45, 2.75) is 17.9 Å². The summed E-state index contributed by atoms with van der Waals surface area (Å²) in [6.07, 6.45) is 4.32. The molecule has 0 saturated heterocycles. The standard InChI is InChI=1S/C9H11BrO3/c1-2-13-9(10)5-7(6-11)3-4-8(9)12/h3-4,6,11H,2,5H2,1H3. The summed E-state index contributed by atoms with van der Waals surface area (Å²) >= 11 is 3.23. The maximum atomic E-state index is 11.4. The fraction of sp³-hybridized carbons (Fsp3) is 0.444. The molecule has 0 aliphatic heterocycles. The first-order chi connectivity index (χ1) is 6.12. The highest BCUT2D eigenvalue weighted by atomic mass is 79.9. The first kappa shape index (κ1) is 10.5. The molecular formula is C9H11BrO3. The number of halogens is 1. The van der Waals surface area contributed by atoms with Gasteiger partial charge in [0.2, 0.25) is 0 Å². The molecule has 72 valence electrons. The molecule has 13 heavy (non-hydrogen) atoms. The largest absolute Gasteiger partial charge is 0.515 e. The lowest BCUT2D eigenvalue weighted by atomic mass is 9.99. The molecule has 0 aromatic rings. The van der Waals surface area contributed by atoms with Crippen molar-refractivity contribution < 1.29 is 14.6 Å². The van der Waals surface area contributed by atoms with Crippen LogP contribution in [0.2, 0.25) is 0 Å². The lowest BCUT2D eigenvalue weighted by molar-refractivity contribution is -0.128. The van der Waals surface area contributed by atoms with Gasteiger partial charge in [0.05, 0.1) is 6.26 Å². The fourth-order valence-corrected chi connectivity index (χ4v) is 1.84. The van der Waals surface area contributed by atoms with Gasteiger partial charge in [-0.2, -0.15) is 0 Å². The number of ketones is 1. The molecular weight excluding hydrogens is 236 g/mol. The molecule has 1 rings (SSSR count). The summed E-state index contributed by atoms with van der Waals surface area (Å²) in [5.74, 6) is -0.125. The third-order valence-electron chi connectivity index (χ3n) is 1.79. The van der Waals surface area contributed by atoms with Crippen molar-refractivity contribution in [2.75, 3.05) is 6.61 Å². The summed E-state index contributed by atoms with van der Waals surface area (Å²) in [4.78, 5) is 11.4. The predicted octanol–water partition coefficient (Wildman–Crippen LogP) is 2.08. The topological polar surface area (TPSA) is 46.5 Å². The Hall–Kier alpha value is -0.610. The van der Waals surface area contributed by atoms with E-state index in [1.807, 2.05) is 6.92 Å². The van der Waals surface area contributed by atoms with Gasteiger partial charge >= 0.3 is 0 Å². The third kappa shape index (κ3) is 2.19. The van der Waals surface area contributed by atoms with Crippen LogP contribution in [0.4, 0.5) is 0 Å². The van der Waals surface area contributed by atoms with Crippen LogP contribution in [0, 0.1) is 0 Å². The van der Waals surface area contributed by atoms with Gasteiger partial charge in [0.15, 0.2) is 10.3 Å². The van der Waals surface area contributed by atoms with E-state index in [0.717, 1.165) is 6.26 Å². The van der Waals surface area contributed by atoms with E-state index in [4.69, 9.17) is 9.84 Å². The Labute approximate surface area is 85.2 Å². The first-order valence-corrected chi connectivity index (χ1v) is 4.80. The van der Waals surface area contributed by atoms with Gasteiger partial charge in [-0.15, -0.1) is 0 Å². The number of ether oxygens (including phenoxy) is 1. The maximum Gasteiger partial charge on any atom is 0.198 e. The lowest BCUT2D eigenvalue weighted by Crippen LogP contribution is -2.36. The van der Waals surface area contributed by atoms with E-state index in [1.54, 1.807) is 6.08 Å². The van der Waals surface area contributed by atoms with Crippen molar-refractivity contribution in [2.24, 2.45) is 0 Å². The number of rotatable bonds is 2. The Kier molecular flexibility index (Phi) is 3.27. The van der Waals surface area contributed by atoms with Crippen LogP contribution in [0.1, 0.15) is 13.3 Å². The summed E-state index contributed by atoms with van der Waals surface area (Å²) in [5, 5.41) is 8.78. The highest BCUT2D eigenvalue weighted by Crippen LogP contribution is 2.33. The van der Waals surface area contributed by atoms with Crippen LogP contribution in [-0.2, 0) is 9.53 Å². The van der Waals surface area contributed by atoms with E-state index in [2.05, 4.69) is 15.9 Å². The number of aliphatic hydroxyl groups excluding tert-OH is 1. The van der Waals surface area contributed by atoms with Crippen LogP contribution in [0.5, 0.6) is 0 Å². The Morgan fingerprint density at radius 2 is 2.46 bits per heavy atom. The second kappa shape index (κ2) is 4.07. The van der Waals surface area contributed by atoms with Gasteiger partial charge in [-0.25, -0.2) is 0 Å². The molecule has 1 atom stereocenters. The molecule has 1 unspecified atom stereocenters. The zero-order valence-electron chi connectivity index (χ0n) is 7.29. The van der Waals surface area contributed by atoms with Gasteiger partial charge in [-0.05, 0) is 34.5 Å². The van der Waals surface area contributed by atoms with Crippen LogP contribution in [0.25, 0.3) is 0 Å². The van der Waals surface area contributed by atoms with Crippen molar-refractivity contribution in [1.82, 2.24) is 0 Å². The second-order valence-electron chi connectivity index (χ2n) is 2.74. The number of carbonyl (C=O) groups is 1. The van der Waals surface area contributed by atoms with Crippen molar-refractivity contribution in [3.63, 3.8) is 0 Å². The van der Waals surface area contributed by atoms with Gasteiger partial charge in [-0.1, -0.05) is 6.08 Å². The number of allylic oxidation sites excluding steroid dienone is 1. The zero-order chi connectivity index (χ0) is 9.90. The van der Waals surface area contributed by atoms with Gasteiger partial charge in [0.1, 0.15) is 0 Å². The van der Waals surface area contributed by atoms with E-state index in [-0.39, 0.29) is 5.78 Å². The molecule has 0 radical (unpaired) electrons. The van der Waals surface area contributed by atoms with Crippen LogP contribution < -0.4 is 0 Å². The van der Waals surface area contributed by atoms with E-state index < -0.39 is 4.51 Å². The SMILES string of the molecule is CCOC1(Br)CC(=CO)C=CC1=O. The van der Waals surface area contributed by atoms with E-state index in [1.165, 1.54) is 6.08 Å².